The lowest BCUT2D eigenvalue weighted by Crippen LogP contribution is -2.19. The van der Waals surface area contributed by atoms with Gasteiger partial charge in [-0.1, -0.05) is 26.0 Å². The fraction of sp³-hybridized carbons (Fsp3) is 0.500. The van der Waals surface area contributed by atoms with Gasteiger partial charge in [0.15, 0.2) is 0 Å². The molecule has 20 heavy (non-hydrogen) atoms. The number of aromatic nitrogens is 2. The minimum atomic E-state index is 0.221. The van der Waals surface area contributed by atoms with E-state index >= 15 is 0 Å². The Balaban J connectivity index is 2.07. The molecule has 1 saturated heterocycles. The molecule has 0 bridgehead atoms. The molecule has 4 heteroatoms. The van der Waals surface area contributed by atoms with E-state index in [0.717, 1.165) is 24.4 Å². The molecule has 1 unspecified atom stereocenters. The van der Waals surface area contributed by atoms with Gasteiger partial charge in [0.1, 0.15) is 5.82 Å². The molecule has 1 aromatic heterocycles. The summed E-state index contributed by atoms with van der Waals surface area (Å²) >= 11 is 0. The van der Waals surface area contributed by atoms with E-state index in [4.69, 9.17) is 4.98 Å². The van der Waals surface area contributed by atoms with E-state index in [1.165, 1.54) is 5.52 Å². The maximum atomic E-state index is 11.8. The van der Waals surface area contributed by atoms with Gasteiger partial charge in [0, 0.05) is 32.5 Å². The highest BCUT2D eigenvalue weighted by Gasteiger charge is 2.31. The predicted molar refractivity (Wildman–Crippen MR) is 79.6 cm³/mol. The first-order valence-corrected chi connectivity index (χ1v) is 7.25. The maximum Gasteiger partial charge on any atom is 0.223 e. The molecule has 0 saturated carbocycles. The van der Waals surface area contributed by atoms with E-state index in [-0.39, 0.29) is 11.8 Å². The number of para-hydroxylation sites is 2. The van der Waals surface area contributed by atoms with Crippen LogP contribution in [-0.2, 0) is 11.3 Å². The number of hydrogen-bond acceptors (Lipinski definition) is 2. The summed E-state index contributed by atoms with van der Waals surface area (Å²) in [6.45, 7) is 6.15. The van der Waals surface area contributed by atoms with Gasteiger partial charge in [0.25, 0.3) is 0 Å². The molecule has 2 heterocycles. The molecule has 3 rings (SSSR count). The molecule has 0 aliphatic carbocycles. The van der Waals surface area contributed by atoms with Gasteiger partial charge < -0.3 is 9.47 Å². The first-order valence-electron chi connectivity index (χ1n) is 7.25. The van der Waals surface area contributed by atoms with Crippen molar-refractivity contribution in [1.29, 1.82) is 0 Å². The van der Waals surface area contributed by atoms with Gasteiger partial charge in [0.2, 0.25) is 5.91 Å². The SMILES string of the molecule is CC(C)Cn1c(C2CC(=O)N(C)C2)nc2ccccc21. The minimum absolute atomic E-state index is 0.221. The molecule has 1 aromatic carbocycles. The molecule has 1 amide bonds. The average Bonchev–Trinajstić information content (AvgIpc) is 2.91. The van der Waals surface area contributed by atoms with Crippen molar-refractivity contribution in [3.05, 3.63) is 30.1 Å². The number of nitrogens with zero attached hydrogens (tertiary/aromatic N) is 3. The van der Waals surface area contributed by atoms with Crippen LogP contribution in [0, 0.1) is 5.92 Å². The van der Waals surface area contributed by atoms with Crippen LogP contribution in [0.25, 0.3) is 11.0 Å². The third-order valence-electron chi connectivity index (χ3n) is 3.94. The zero-order valence-electron chi connectivity index (χ0n) is 12.3. The minimum Gasteiger partial charge on any atom is -0.345 e. The van der Waals surface area contributed by atoms with Crippen molar-refractivity contribution < 1.29 is 4.79 Å². The summed E-state index contributed by atoms with van der Waals surface area (Å²) in [6, 6.07) is 8.24. The number of likely N-dealkylation sites (N-methyl/N-ethyl adjacent to an activating group) is 1. The highest BCUT2D eigenvalue weighted by atomic mass is 16.2. The Labute approximate surface area is 119 Å². The zero-order valence-corrected chi connectivity index (χ0v) is 12.3. The standard InChI is InChI=1S/C16H21N3O/c1-11(2)9-19-14-7-5-4-6-13(14)17-16(19)12-8-15(20)18(3)10-12/h4-7,11-12H,8-10H2,1-3H3. The van der Waals surface area contributed by atoms with Crippen molar-refractivity contribution in [2.45, 2.75) is 32.7 Å². The summed E-state index contributed by atoms with van der Waals surface area (Å²) in [7, 11) is 1.87. The Hall–Kier alpha value is -1.84. The number of benzene rings is 1. The van der Waals surface area contributed by atoms with Crippen LogP contribution in [-0.4, -0.2) is 34.0 Å². The van der Waals surface area contributed by atoms with Crippen LogP contribution in [0.1, 0.15) is 32.0 Å². The van der Waals surface area contributed by atoms with Crippen LogP contribution in [0.15, 0.2) is 24.3 Å². The molecule has 1 fully saturated rings. The van der Waals surface area contributed by atoms with Crippen molar-refractivity contribution in [2.24, 2.45) is 5.92 Å². The summed E-state index contributed by atoms with van der Waals surface area (Å²) in [4.78, 5) is 18.4. The van der Waals surface area contributed by atoms with E-state index in [9.17, 15) is 4.79 Å². The van der Waals surface area contributed by atoms with Gasteiger partial charge in [-0.3, -0.25) is 4.79 Å². The van der Waals surface area contributed by atoms with Crippen LogP contribution < -0.4 is 0 Å². The summed E-state index contributed by atoms with van der Waals surface area (Å²) in [5.74, 6) is 2.07. The smallest absolute Gasteiger partial charge is 0.223 e. The molecule has 106 valence electrons. The monoisotopic (exact) mass is 271 g/mol. The Bertz CT molecular complexity index is 644. The molecule has 2 aromatic rings. The van der Waals surface area contributed by atoms with E-state index in [1.54, 1.807) is 0 Å². The second kappa shape index (κ2) is 4.93. The number of carbonyl (C=O) groups excluding carboxylic acids is 1. The Morgan fingerprint density at radius 2 is 2.10 bits per heavy atom. The lowest BCUT2D eigenvalue weighted by molar-refractivity contribution is -0.126. The van der Waals surface area contributed by atoms with Crippen molar-refractivity contribution in [1.82, 2.24) is 14.5 Å². The van der Waals surface area contributed by atoms with Gasteiger partial charge in [0.05, 0.1) is 11.0 Å². The first kappa shape index (κ1) is 13.2. The topological polar surface area (TPSA) is 38.1 Å². The normalized spacial score (nSPS) is 19.5. The number of rotatable bonds is 3. The largest absolute Gasteiger partial charge is 0.345 e. The molecule has 0 radical (unpaired) electrons. The third kappa shape index (κ3) is 2.19. The number of carbonyl (C=O) groups is 1. The molecule has 1 atom stereocenters. The lowest BCUT2D eigenvalue weighted by atomic mass is 10.1. The highest BCUT2D eigenvalue weighted by molar-refractivity contribution is 5.80. The van der Waals surface area contributed by atoms with Gasteiger partial charge in [-0.2, -0.15) is 0 Å². The fourth-order valence-corrected chi connectivity index (χ4v) is 3.00. The quantitative estimate of drug-likeness (QED) is 0.860. The van der Waals surface area contributed by atoms with Gasteiger partial charge in [-0.05, 0) is 18.1 Å². The van der Waals surface area contributed by atoms with Crippen molar-refractivity contribution in [2.75, 3.05) is 13.6 Å². The van der Waals surface area contributed by atoms with Crippen molar-refractivity contribution >= 4 is 16.9 Å². The first-order chi connectivity index (χ1) is 9.56. The summed E-state index contributed by atoms with van der Waals surface area (Å²) in [5, 5.41) is 0. The highest BCUT2D eigenvalue weighted by Crippen LogP contribution is 2.30. The lowest BCUT2D eigenvalue weighted by Gasteiger charge is -2.15. The van der Waals surface area contributed by atoms with Gasteiger partial charge >= 0.3 is 0 Å². The molecule has 0 spiro atoms. The number of likely N-dealkylation sites (tertiary alicyclic amines) is 1. The van der Waals surface area contributed by atoms with Gasteiger partial charge in [-0.15, -0.1) is 0 Å². The number of amides is 1. The third-order valence-corrected chi connectivity index (χ3v) is 3.94. The number of fused-ring (bicyclic) bond motifs is 1. The van der Waals surface area contributed by atoms with Crippen molar-refractivity contribution in [3.63, 3.8) is 0 Å². The van der Waals surface area contributed by atoms with E-state index in [2.05, 4.69) is 36.6 Å². The Morgan fingerprint density at radius 3 is 2.75 bits per heavy atom. The molecular formula is C16H21N3O. The van der Waals surface area contributed by atoms with Crippen molar-refractivity contribution in [3.8, 4) is 0 Å². The maximum absolute atomic E-state index is 11.8. The van der Waals surface area contributed by atoms with E-state index in [0.29, 0.717) is 12.3 Å². The second-order valence-corrected chi connectivity index (χ2v) is 6.14. The number of imidazole rings is 1. The summed E-state index contributed by atoms with van der Waals surface area (Å²) in [6.07, 6.45) is 0.581. The fourth-order valence-electron chi connectivity index (χ4n) is 3.00. The zero-order chi connectivity index (χ0) is 14.3. The summed E-state index contributed by atoms with van der Waals surface area (Å²) in [5.41, 5.74) is 2.21. The van der Waals surface area contributed by atoms with E-state index < -0.39 is 0 Å². The Kier molecular flexibility index (Phi) is 3.24. The van der Waals surface area contributed by atoms with Crippen LogP contribution in [0.4, 0.5) is 0 Å². The van der Waals surface area contributed by atoms with Crippen LogP contribution in [0.5, 0.6) is 0 Å². The Morgan fingerprint density at radius 1 is 1.35 bits per heavy atom. The van der Waals surface area contributed by atoms with Gasteiger partial charge in [-0.25, -0.2) is 4.98 Å². The predicted octanol–water partition coefficient (Wildman–Crippen LogP) is 2.64. The molecule has 1 aliphatic rings. The van der Waals surface area contributed by atoms with E-state index in [1.807, 2.05) is 18.0 Å². The number of hydrogen-bond donors (Lipinski definition) is 0. The van der Waals surface area contributed by atoms with Crippen LogP contribution in [0.2, 0.25) is 0 Å². The summed E-state index contributed by atoms with van der Waals surface area (Å²) < 4.78 is 2.30. The molecule has 1 aliphatic heterocycles. The molecule has 0 N–H and O–H groups in total. The van der Waals surface area contributed by atoms with Crippen LogP contribution in [0.3, 0.4) is 0 Å². The molecular weight excluding hydrogens is 250 g/mol. The molecule has 4 nitrogen and oxygen atoms in total. The second-order valence-electron chi connectivity index (χ2n) is 6.14. The van der Waals surface area contributed by atoms with Crippen LogP contribution >= 0.6 is 0 Å². The average molecular weight is 271 g/mol.